The first-order chi connectivity index (χ1) is 33.2. The number of hydrogen-bond acceptors (Lipinski definition) is 12. The summed E-state index contributed by atoms with van der Waals surface area (Å²) in [5.74, 6) is 2.51. The number of para-hydroxylation sites is 3. The van der Waals surface area contributed by atoms with E-state index in [1.807, 2.05) is 89.8 Å². The predicted octanol–water partition coefficient (Wildman–Crippen LogP) is 4.72. The van der Waals surface area contributed by atoms with Crippen LogP contribution in [-0.4, -0.2) is 96.0 Å². The quantitative estimate of drug-likeness (QED) is 0.0603. The second kappa shape index (κ2) is 19.4. The highest BCUT2D eigenvalue weighted by molar-refractivity contribution is 6.23. The number of carbonyl (C=O) groups is 5. The van der Waals surface area contributed by atoms with Crippen LogP contribution in [0, 0.1) is 17.8 Å². The number of aliphatic hydroxyl groups is 1. The van der Waals surface area contributed by atoms with E-state index < -0.39 is 65.5 Å². The number of rotatable bonds is 13. The maximum atomic E-state index is 16.4. The first-order valence-corrected chi connectivity index (χ1v) is 22.0. The van der Waals surface area contributed by atoms with Crippen LogP contribution >= 0.6 is 0 Å². The van der Waals surface area contributed by atoms with E-state index in [9.17, 15) is 14.7 Å². The van der Waals surface area contributed by atoms with Gasteiger partial charge in [0.05, 0.1) is 61.0 Å². The number of imide groups is 1. The van der Waals surface area contributed by atoms with Crippen LogP contribution in [0.1, 0.15) is 51.8 Å². The van der Waals surface area contributed by atoms with Crippen molar-refractivity contribution in [3.63, 3.8) is 0 Å². The van der Waals surface area contributed by atoms with Crippen molar-refractivity contribution >= 4 is 46.6 Å². The van der Waals surface area contributed by atoms with Crippen LogP contribution in [0.2, 0.25) is 0 Å². The molecule has 4 heterocycles. The smallest absolute Gasteiger partial charge is 0.421 e. The van der Waals surface area contributed by atoms with Gasteiger partial charge in [-0.25, -0.2) is 19.5 Å². The Bertz CT molecular complexity index is 2900. The normalized spacial score (nSPS) is 21.6. The van der Waals surface area contributed by atoms with Crippen LogP contribution in [0.15, 0.2) is 127 Å². The maximum Gasteiger partial charge on any atom is 0.421 e. The number of ether oxygens (including phenoxy) is 4. The van der Waals surface area contributed by atoms with Gasteiger partial charge >= 0.3 is 18.1 Å². The summed E-state index contributed by atoms with van der Waals surface area (Å²) in [6.07, 6.45) is -2.03. The van der Waals surface area contributed by atoms with Gasteiger partial charge < -0.3 is 45.4 Å². The van der Waals surface area contributed by atoms with E-state index in [-0.39, 0.29) is 56.5 Å². The minimum absolute atomic E-state index is 0.0198. The van der Waals surface area contributed by atoms with Crippen LogP contribution in [0.25, 0.3) is 11.0 Å². The largest absolute Gasteiger partial charge is 0.491 e. The Labute approximate surface area is 390 Å². The molecule has 0 radical (unpaired) electrons. The van der Waals surface area contributed by atoms with Crippen molar-refractivity contribution in [3.05, 3.63) is 161 Å². The number of hydrogen-bond donors (Lipinski definition) is 5. The number of primary amides is 1. The van der Waals surface area contributed by atoms with Gasteiger partial charge in [-0.1, -0.05) is 103 Å². The van der Waals surface area contributed by atoms with Gasteiger partial charge in [-0.15, -0.1) is 0 Å². The zero-order valence-electron chi connectivity index (χ0n) is 36.8. The molecule has 6 unspecified atom stereocenters. The molecule has 0 bridgehead atoms. The number of morpholine rings is 1. The average Bonchev–Trinajstić information content (AvgIpc) is 4.00. The Morgan fingerprint density at radius 3 is 2.32 bits per heavy atom. The zero-order chi connectivity index (χ0) is 47.4. The van der Waals surface area contributed by atoms with E-state index in [0.717, 1.165) is 10.4 Å². The van der Waals surface area contributed by atoms with Crippen LogP contribution in [0.4, 0.5) is 15.3 Å². The number of urea groups is 1. The summed E-state index contributed by atoms with van der Waals surface area (Å²) >= 11 is 0. The highest BCUT2D eigenvalue weighted by Crippen LogP contribution is 2.66. The number of H-pyrrole nitrogens is 1. The fourth-order valence-electron chi connectivity index (χ4n) is 9.85. The van der Waals surface area contributed by atoms with Crippen molar-refractivity contribution < 1.29 is 48.0 Å². The number of benzene rings is 5. The number of aliphatic hydroxyl groups excluding tert-OH is 1. The third kappa shape index (κ3) is 8.14. The molecular weight excluding hydrogens is 871 g/mol. The Morgan fingerprint density at radius 2 is 1.59 bits per heavy atom. The van der Waals surface area contributed by atoms with Crippen molar-refractivity contribution in [1.29, 1.82) is 0 Å². The Morgan fingerprint density at radius 1 is 0.868 bits per heavy atom. The highest BCUT2D eigenvalue weighted by Gasteiger charge is 2.76. The molecule has 2 fully saturated rings. The molecule has 6 aromatic rings. The monoisotopic (exact) mass is 917 g/mol. The van der Waals surface area contributed by atoms with Crippen molar-refractivity contribution in [2.45, 2.75) is 36.2 Å². The van der Waals surface area contributed by atoms with E-state index >= 15 is 14.4 Å². The van der Waals surface area contributed by atoms with Gasteiger partial charge in [0.2, 0.25) is 11.8 Å². The lowest BCUT2D eigenvalue weighted by Crippen LogP contribution is -2.55. The zero-order valence-corrected chi connectivity index (χ0v) is 36.8. The van der Waals surface area contributed by atoms with Crippen LogP contribution < -0.4 is 26.0 Å². The average molecular weight is 918 g/mol. The van der Waals surface area contributed by atoms with Crippen molar-refractivity contribution in [2.75, 3.05) is 45.0 Å². The number of nitrogens with one attached hydrogen (secondary N) is 3. The molecule has 0 aliphatic carbocycles. The van der Waals surface area contributed by atoms with Crippen LogP contribution in [-0.2, 0) is 40.6 Å². The maximum absolute atomic E-state index is 16.4. The number of nitrogens with zero attached hydrogens (tertiary/aromatic N) is 3. The number of amides is 5. The number of aromatic nitrogens is 2. The minimum Gasteiger partial charge on any atom is -0.491 e. The number of anilines is 1. The summed E-state index contributed by atoms with van der Waals surface area (Å²) in [5, 5.41) is 15.5. The highest BCUT2D eigenvalue weighted by atomic mass is 16.6. The van der Waals surface area contributed by atoms with Gasteiger partial charge in [0.1, 0.15) is 42.3 Å². The first-order valence-electron chi connectivity index (χ1n) is 22.0. The van der Waals surface area contributed by atoms with Gasteiger partial charge in [0.25, 0.3) is 0 Å². The lowest BCUT2D eigenvalue weighted by Gasteiger charge is -2.46. The van der Waals surface area contributed by atoms with Crippen LogP contribution in [0.5, 0.6) is 5.75 Å². The third-order valence-electron chi connectivity index (χ3n) is 12.5. The Hall–Kier alpha value is -8.04. The summed E-state index contributed by atoms with van der Waals surface area (Å²) in [6.45, 7) is -0.934. The molecule has 1 aromatic heterocycles. The summed E-state index contributed by atoms with van der Waals surface area (Å²) in [6, 6.07) is 33.1. The number of cyclic esters (lactones) is 1. The molecule has 0 saturated carbocycles. The fourth-order valence-corrected chi connectivity index (χ4v) is 9.85. The SMILES string of the molecule is COCCOC(=O)N1C(=O)C2(c3cc(C#CCNC(N)=O)ccc31)C(C(=O)NCc1nc3ccccc3[nH]1)C1C(=O)OC(c3ccccc3)C(c3ccccc3)N1C2c1ccccc1OCCO. The molecule has 5 amide bonds. The lowest BCUT2D eigenvalue weighted by atomic mass is 9.65. The summed E-state index contributed by atoms with van der Waals surface area (Å²) in [7, 11) is 1.44. The van der Waals surface area contributed by atoms with E-state index in [1.165, 1.54) is 13.2 Å². The summed E-state index contributed by atoms with van der Waals surface area (Å²) in [4.78, 5) is 84.3. The van der Waals surface area contributed by atoms with E-state index in [4.69, 9.17) is 24.7 Å². The van der Waals surface area contributed by atoms with E-state index in [0.29, 0.717) is 33.6 Å². The van der Waals surface area contributed by atoms with E-state index in [2.05, 4.69) is 32.4 Å². The summed E-state index contributed by atoms with van der Waals surface area (Å²) in [5.41, 5.74) is 6.85. The van der Waals surface area contributed by atoms with E-state index in [1.54, 1.807) is 36.4 Å². The molecule has 3 aliphatic rings. The number of nitrogens with two attached hydrogens (primary N) is 1. The number of imidazole rings is 1. The second-order valence-corrected chi connectivity index (χ2v) is 16.3. The fraction of sp³-hybridized carbons (Fsp3) is 0.255. The van der Waals surface area contributed by atoms with Crippen molar-refractivity contribution in [2.24, 2.45) is 11.7 Å². The summed E-state index contributed by atoms with van der Waals surface area (Å²) < 4.78 is 23.6. The molecule has 6 N–H and O–H groups in total. The van der Waals surface area contributed by atoms with Crippen LogP contribution in [0.3, 0.4) is 0 Å². The van der Waals surface area contributed by atoms with Gasteiger partial charge in [-0.05, 0) is 53.1 Å². The number of esters is 1. The molecule has 17 heteroatoms. The lowest BCUT2D eigenvalue weighted by molar-refractivity contribution is -0.178. The first kappa shape index (κ1) is 45.1. The van der Waals surface area contributed by atoms with Gasteiger partial charge in [-0.2, -0.15) is 0 Å². The van der Waals surface area contributed by atoms with Gasteiger partial charge in [0, 0.05) is 18.2 Å². The standard InChI is InChI=1S/C51H47N7O10/c1-65-27-28-67-50(64)57-38-23-22-31(13-12-24-53-49(52)63)29-35(38)51(48(57)62)41(46(60)54-30-40-55-36-19-9-10-20-37(36)56-40)43-47(61)68-44(33-16-6-3-7-17-33)42(32-14-4-2-5-15-32)58(43)45(51)34-18-8-11-21-39(34)66-26-25-59/h2-11,14-23,29,41-45,59H,24-28,30H2,1H3,(H,54,60)(H,55,56)(H3,52,53,63). The number of carbonyl (C=O) groups excluding carboxylic acids is 5. The molecule has 9 rings (SSSR count). The predicted molar refractivity (Wildman–Crippen MR) is 247 cm³/mol. The van der Waals surface area contributed by atoms with Crippen molar-refractivity contribution in [1.82, 2.24) is 25.5 Å². The van der Waals surface area contributed by atoms with Crippen molar-refractivity contribution in [3.8, 4) is 17.6 Å². The number of methoxy groups -OCH3 is 1. The molecule has 6 atom stereocenters. The molecule has 346 valence electrons. The third-order valence-corrected chi connectivity index (χ3v) is 12.5. The second-order valence-electron chi connectivity index (χ2n) is 16.3. The number of aromatic amines is 1. The Balaban J connectivity index is 1.34. The molecule has 17 nitrogen and oxygen atoms in total. The van der Waals surface area contributed by atoms with Gasteiger partial charge in [0.15, 0.2) is 0 Å². The molecule has 1 spiro atoms. The molecule has 5 aromatic carbocycles. The molecule has 3 aliphatic heterocycles. The molecular formula is C51H47N7O10. The Kier molecular flexibility index (Phi) is 12.9. The topological polar surface area (TPSA) is 228 Å². The minimum atomic E-state index is -2.17. The number of fused-ring (bicyclic) bond motifs is 4. The van der Waals surface area contributed by atoms with Gasteiger partial charge in [-0.3, -0.25) is 19.3 Å². The molecule has 2 saturated heterocycles. The molecule has 68 heavy (non-hydrogen) atoms.